The standard InChI is InChI=1S/C17H14O.2ClH.Pd/c18-17(13-11-15-7-3-1-4-8-15)14-12-16-9-5-2-6-10-16;;;/h1-14H;2*1H;/q;;;+2/p-2. The Morgan fingerprint density at radius 2 is 1.00 bits per heavy atom. The molecule has 0 amide bonds. The Hall–Kier alpha value is -1.17. The molecule has 0 aliphatic rings. The maximum absolute atomic E-state index is 11.6. The molecule has 0 aromatic heterocycles. The fourth-order valence-corrected chi connectivity index (χ4v) is 1.54. The largest absolute Gasteiger partial charge is 2.00 e. The Balaban J connectivity index is 0. The predicted molar refractivity (Wildman–Crippen MR) is 76.0 cm³/mol. The molecule has 1 nitrogen and oxygen atoms in total. The molecule has 0 fully saturated rings. The van der Waals surface area contributed by atoms with Gasteiger partial charge >= 0.3 is 20.4 Å². The molecular weight excluding hydrogens is 398 g/mol. The summed E-state index contributed by atoms with van der Waals surface area (Å²) in [7, 11) is 0. The van der Waals surface area contributed by atoms with Crippen LogP contribution in [0.25, 0.3) is 12.2 Å². The van der Waals surface area contributed by atoms with Crippen LogP contribution in [0.5, 0.6) is 0 Å². The Labute approximate surface area is 151 Å². The zero-order valence-electron chi connectivity index (χ0n) is 11.1. The second kappa shape index (κ2) is 12.6. The number of halogens is 2. The molecule has 0 radical (unpaired) electrons. The van der Waals surface area contributed by atoms with E-state index < -0.39 is 0 Å². The number of carbonyl (C=O) groups is 1. The van der Waals surface area contributed by atoms with E-state index in [1.807, 2.05) is 72.8 Å². The molecule has 0 aliphatic carbocycles. The van der Waals surface area contributed by atoms with E-state index in [9.17, 15) is 4.79 Å². The van der Waals surface area contributed by atoms with Gasteiger partial charge in [-0.3, -0.25) is 4.79 Å². The van der Waals surface area contributed by atoms with Crippen LogP contribution in [0.2, 0.25) is 0 Å². The average molecular weight is 412 g/mol. The first-order valence-corrected chi connectivity index (χ1v) is 5.85. The van der Waals surface area contributed by atoms with E-state index in [1.54, 1.807) is 12.2 Å². The molecule has 0 unspecified atom stereocenters. The van der Waals surface area contributed by atoms with Crippen molar-refractivity contribution < 1.29 is 50.0 Å². The van der Waals surface area contributed by atoms with E-state index in [-0.39, 0.29) is 51.0 Å². The van der Waals surface area contributed by atoms with Gasteiger partial charge in [0.25, 0.3) is 0 Å². The van der Waals surface area contributed by atoms with Gasteiger partial charge in [0, 0.05) is 0 Å². The number of carbonyl (C=O) groups excluding carboxylic acids is 1. The number of rotatable bonds is 4. The van der Waals surface area contributed by atoms with Crippen molar-refractivity contribution in [3.63, 3.8) is 0 Å². The maximum atomic E-state index is 11.6. The van der Waals surface area contributed by atoms with Gasteiger partial charge in [0.15, 0.2) is 5.78 Å². The Kier molecular flexibility index (Phi) is 13.2. The smallest absolute Gasteiger partial charge is 1.00 e. The molecule has 2 aromatic carbocycles. The molecule has 21 heavy (non-hydrogen) atoms. The normalized spacial score (nSPS) is 9.52. The molecule has 2 aromatic rings. The van der Waals surface area contributed by atoms with Crippen molar-refractivity contribution in [3.8, 4) is 0 Å². The summed E-state index contributed by atoms with van der Waals surface area (Å²) < 4.78 is 0. The molecule has 0 bridgehead atoms. The van der Waals surface area contributed by atoms with Crippen molar-refractivity contribution in [2.75, 3.05) is 0 Å². The molecular formula is C17H14Cl2OPd. The van der Waals surface area contributed by atoms with Crippen molar-refractivity contribution in [1.29, 1.82) is 0 Å². The summed E-state index contributed by atoms with van der Waals surface area (Å²) in [4.78, 5) is 11.6. The molecule has 0 aliphatic heterocycles. The number of ketones is 1. The summed E-state index contributed by atoms with van der Waals surface area (Å²) in [6.07, 6.45) is 6.79. The fraction of sp³-hybridized carbons (Fsp3) is 0. The van der Waals surface area contributed by atoms with E-state index in [2.05, 4.69) is 0 Å². The first-order valence-electron chi connectivity index (χ1n) is 5.85. The van der Waals surface area contributed by atoms with Crippen LogP contribution in [-0.2, 0) is 25.2 Å². The van der Waals surface area contributed by atoms with Crippen molar-refractivity contribution in [1.82, 2.24) is 0 Å². The number of hydrogen-bond acceptors (Lipinski definition) is 1. The van der Waals surface area contributed by atoms with Crippen LogP contribution in [0, 0.1) is 0 Å². The molecule has 0 N–H and O–H groups in total. The maximum Gasteiger partial charge on any atom is 2.00 e. The summed E-state index contributed by atoms with van der Waals surface area (Å²) in [5, 5.41) is 0. The third kappa shape index (κ3) is 8.65. The predicted octanol–water partition coefficient (Wildman–Crippen LogP) is -2.01. The zero-order valence-corrected chi connectivity index (χ0v) is 14.1. The number of hydrogen-bond donors (Lipinski definition) is 0. The molecule has 0 atom stereocenters. The topological polar surface area (TPSA) is 17.1 Å². The van der Waals surface area contributed by atoms with Gasteiger partial charge in [-0.1, -0.05) is 72.8 Å². The molecule has 112 valence electrons. The van der Waals surface area contributed by atoms with Gasteiger partial charge in [0.1, 0.15) is 0 Å². The van der Waals surface area contributed by atoms with Gasteiger partial charge in [-0.05, 0) is 23.3 Å². The van der Waals surface area contributed by atoms with Gasteiger partial charge < -0.3 is 24.8 Å². The van der Waals surface area contributed by atoms with Crippen molar-refractivity contribution >= 4 is 17.9 Å². The zero-order chi connectivity index (χ0) is 12.6. The van der Waals surface area contributed by atoms with E-state index in [1.165, 1.54) is 0 Å². The summed E-state index contributed by atoms with van der Waals surface area (Å²) in [6.45, 7) is 0. The quantitative estimate of drug-likeness (QED) is 0.420. The Morgan fingerprint density at radius 1 is 0.667 bits per heavy atom. The summed E-state index contributed by atoms with van der Waals surface area (Å²) >= 11 is 0. The molecule has 2 rings (SSSR count). The first kappa shape index (κ1) is 22.1. The van der Waals surface area contributed by atoms with Crippen LogP contribution in [-0.4, -0.2) is 5.78 Å². The van der Waals surface area contributed by atoms with Gasteiger partial charge in [-0.25, -0.2) is 0 Å². The van der Waals surface area contributed by atoms with Crippen molar-refractivity contribution in [3.05, 3.63) is 83.9 Å². The summed E-state index contributed by atoms with van der Waals surface area (Å²) in [6, 6.07) is 19.6. The molecule has 0 saturated heterocycles. The molecule has 0 heterocycles. The van der Waals surface area contributed by atoms with Crippen molar-refractivity contribution in [2.45, 2.75) is 0 Å². The van der Waals surface area contributed by atoms with Crippen LogP contribution in [0.1, 0.15) is 11.1 Å². The Morgan fingerprint density at radius 3 is 1.33 bits per heavy atom. The molecule has 0 saturated carbocycles. The van der Waals surface area contributed by atoms with E-state index in [0.29, 0.717) is 0 Å². The molecule has 0 spiro atoms. The third-order valence-electron chi connectivity index (χ3n) is 2.48. The van der Waals surface area contributed by atoms with Crippen molar-refractivity contribution in [2.24, 2.45) is 0 Å². The van der Waals surface area contributed by atoms with Crippen LogP contribution in [0.15, 0.2) is 72.8 Å². The summed E-state index contributed by atoms with van der Waals surface area (Å²) in [5.41, 5.74) is 2.05. The van der Waals surface area contributed by atoms with Gasteiger partial charge in [-0.15, -0.1) is 0 Å². The fourth-order valence-electron chi connectivity index (χ4n) is 1.54. The minimum Gasteiger partial charge on any atom is -1.00 e. The second-order valence-corrected chi connectivity index (χ2v) is 3.89. The summed E-state index contributed by atoms with van der Waals surface area (Å²) in [5.74, 6) is -0.0114. The Bertz CT molecular complexity index is 514. The SMILES string of the molecule is O=C(C=Cc1ccccc1)C=Cc1ccccc1.[Cl-].[Cl-].[Pd+2]. The third-order valence-corrected chi connectivity index (χ3v) is 2.48. The van der Waals surface area contributed by atoms with Crippen LogP contribution < -0.4 is 24.8 Å². The number of benzene rings is 2. The van der Waals surface area contributed by atoms with Gasteiger partial charge in [0.2, 0.25) is 0 Å². The van der Waals surface area contributed by atoms with Gasteiger partial charge in [0.05, 0.1) is 0 Å². The minimum atomic E-state index is -0.0114. The van der Waals surface area contributed by atoms with Crippen LogP contribution >= 0.6 is 0 Å². The van der Waals surface area contributed by atoms with Crippen LogP contribution in [0.4, 0.5) is 0 Å². The average Bonchev–Trinajstić information content (AvgIpc) is 2.45. The molecule has 4 heteroatoms. The second-order valence-electron chi connectivity index (χ2n) is 3.89. The number of allylic oxidation sites excluding steroid dienone is 2. The van der Waals surface area contributed by atoms with Crippen LogP contribution in [0.3, 0.4) is 0 Å². The monoisotopic (exact) mass is 410 g/mol. The minimum absolute atomic E-state index is 0. The van der Waals surface area contributed by atoms with Gasteiger partial charge in [-0.2, -0.15) is 0 Å². The van der Waals surface area contributed by atoms with E-state index in [4.69, 9.17) is 0 Å². The van der Waals surface area contributed by atoms with E-state index in [0.717, 1.165) is 11.1 Å². The van der Waals surface area contributed by atoms with E-state index >= 15 is 0 Å². The first-order chi connectivity index (χ1) is 8.84.